The number of sulfonamides is 2. The van der Waals surface area contributed by atoms with Crippen molar-refractivity contribution >= 4 is 107 Å². The van der Waals surface area contributed by atoms with Crippen LogP contribution in [0.25, 0.3) is 0 Å². The summed E-state index contributed by atoms with van der Waals surface area (Å²) in [4.78, 5) is 118. The number of thiophene rings is 3. The van der Waals surface area contributed by atoms with Gasteiger partial charge in [-0.3, -0.25) is 28.8 Å². The van der Waals surface area contributed by atoms with E-state index in [1.807, 2.05) is 103 Å². The van der Waals surface area contributed by atoms with Crippen molar-refractivity contribution in [3.05, 3.63) is 174 Å². The summed E-state index contributed by atoms with van der Waals surface area (Å²) < 4.78 is 70.6. The van der Waals surface area contributed by atoms with Crippen molar-refractivity contribution in [2.75, 3.05) is 112 Å². The number of Topliss-reactive ketones (excluding diaryl/α,β-unsaturated/α-hetero) is 3. The van der Waals surface area contributed by atoms with E-state index in [4.69, 9.17) is 34.9 Å². The zero-order valence-corrected chi connectivity index (χ0v) is 88.5. The monoisotopic (exact) mass is 2030 g/mol. The molecular formula is C108H155N15O13S5. The number of ketones is 3. The standard InChI is InChI=1S/C36H54N6O3S.C36H49N5O5S2.C36H52N4O5S2/c1-26-34(28-10-5-4-6-11-28)45-36(38-26)41-21-22-42(32(25-41)33(43)19-18-30-12-9-23-46-30)35(44)31(13-7-8-20-40(2)3)39-29-16-14-27(24-37)15-17-29;1-26-34(29-15-13-28(24-37)14-16-29)46-36(39-26)40-20-21-41(32(25-40)33(42)18-17-31-12-8-22-47-31)35(43)30(23-27-9-4-3-5-10-27)11-6-7-19-38-48(2,44)45;1-26-11-9-15-29(23-26)34-27(2)38-36(45-34)39-20-21-40(32(25-39)33(41)18-17-31-16-10-22-46-31)35(42)30(24-28-12-5-4-6-13-28)14-7-8-19-37-47(3,43)44/h4-6,9-12,23,26-27,29,31-32,34,39H,7-8,13-22,24-25,37H2,1-3H3;8,12-16,22,26-27,30,32,34,38H,3-7,9-11,17-21,23,25H2,1-2H3;9-11,15-16,22-23,27-28,30,32,34,37H,4-8,12-14,17-21,24-25H2,1-3H3/t26-,27?,29?,31+,32-,34+;26-,30-,32-,34+;27-,30-,32-,34+/m000/s1. The number of benzene rings is 3. The van der Waals surface area contributed by atoms with Gasteiger partial charge < -0.3 is 59.6 Å². The molecule has 6 aromatic rings. The van der Waals surface area contributed by atoms with Gasteiger partial charge in [-0.05, 0) is 232 Å². The van der Waals surface area contributed by atoms with Crippen molar-refractivity contribution in [1.82, 2.24) is 49.1 Å². The second-order valence-electron chi connectivity index (χ2n) is 40.9. The maximum absolute atomic E-state index is 14.5. The first-order valence-corrected chi connectivity index (χ1v) is 58.6. The lowest BCUT2D eigenvalue weighted by Gasteiger charge is -2.43. The lowest BCUT2D eigenvalue weighted by molar-refractivity contribution is -0.146. The Morgan fingerprint density at radius 3 is 1.27 bits per heavy atom. The van der Waals surface area contributed by atoms with E-state index < -0.39 is 38.2 Å². The van der Waals surface area contributed by atoms with Gasteiger partial charge in [-0.15, -0.1) is 34.0 Å². The highest BCUT2D eigenvalue weighted by Crippen LogP contribution is 2.40. The van der Waals surface area contributed by atoms with Crippen LogP contribution in [0.15, 0.2) is 146 Å². The van der Waals surface area contributed by atoms with Crippen molar-refractivity contribution < 1.29 is 59.8 Å². The number of nitrogens with one attached hydrogen (secondary N) is 3. The van der Waals surface area contributed by atoms with Crippen molar-refractivity contribution in [3.63, 3.8) is 0 Å². The Kier molecular flexibility index (Phi) is 42.2. The van der Waals surface area contributed by atoms with Crippen LogP contribution in [0.1, 0.15) is 261 Å². The molecular weight excluding hydrogens is 1880 g/mol. The fourth-order valence-electron chi connectivity index (χ4n) is 21.7. The molecule has 3 saturated heterocycles. The van der Waals surface area contributed by atoms with Crippen LogP contribution in [0.5, 0.6) is 0 Å². The molecule has 6 aliphatic heterocycles. The van der Waals surface area contributed by atoms with Gasteiger partial charge >= 0.3 is 0 Å². The Bertz CT molecular complexity index is 5310. The highest BCUT2D eigenvalue weighted by Gasteiger charge is 2.47. The third-order valence-electron chi connectivity index (χ3n) is 29.7. The zero-order valence-electron chi connectivity index (χ0n) is 84.4. The SMILES string of the molecule is C[C@@H]1N=C(N2CCN(C(=O)[C@@H](CCCCN(C)C)NC3CCC(CN)CC3)[C@H](C(=O)CCc3cccs3)C2)O[C@H]1c1ccccc1.C[C@@H]1N=C(N2CCN(C(=O)[C@@H](CCCCNS(C)(=O)=O)CC3CCCCC3)[C@H](C(=O)CCc3cccs3)C2)O[C@H]1c1ccc(C#N)cc1.Cc1cccc([C@@H]2OC(N3CCN(C(=O)[C@@H](CCCCNS(C)(=O)=O)CC4CCCCC4)[C@H](C(=O)CCc4cccs4)C3)=N[C@H]2C)c1. The van der Waals surface area contributed by atoms with E-state index >= 15 is 0 Å². The van der Waals surface area contributed by atoms with E-state index in [2.05, 4.69) is 113 Å². The van der Waals surface area contributed by atoms with E-state index in [9.17, 15) is 50.9 Å². The number of rotatable bonds is 42. The second kappa shape index (κ2) is 54.4. The van der Waals surface area contributed by atoms with Gasteiger partial charge in [-0.2, -0.15) is 5.26 Å². The van der Waals surface area contributed by atoms with Gasteiger partial charge in [-0.1, -0.05) is 174 Å². The Balaban J connectivity index is 0.000000178. The van der Waals surface area contributed by atoms with Crippen LogP contribution < -0.4 is 20.5 Å². The summed E-state index contributed by atoms with van der Waals surface area (Å²) in [6.45, 7) is 14.7. The molecule has 6 fully saturated rings. The number of aryl methyl sites for hydroxylation is 4. The molecule has 12 atom stereocenters. The van der Waals surface area contributed by atoms with E-state index in [0.29, 0.717) is 184 Å². The molecule has 3 saturated carbocycles. The lowest BCUT2D eigenvalue weighted by Crippen LogP contribution is -2.63. The third-order valence-corrected chi connectivity index (χ3v) is 33.9. The number of carbonyl (C=O) groups is 6. The van der Waals surface area contributed by atoms with E-state index in [1.54, 1.807) is 46.1 Å². The van der Waals surface area contributed by atoms with Gasteiger partial charge in [0, 0.05) is 124 Å². The molecule has 0 spiro atoms. The molecule has 0 bridgehead atoms. The second-order valence-corrected chi connectivity index (χ2v) is 47.7. The first kappa shape index (κ1) is 109. The first-order valence-electron chi connectivity index (χ1n) is 52.2. The number of hydrogen-bond donors (Lipinski definition) is 4. The van der Waals surface area contributed by atoms with Gasteiger partial charge in [0.1, 0.15) is 36.4 Å². The average Bonchev–Trinajstić information content (AvgIpc) is 1.70. The Hall–Kier alpha value is -8.82. The topological polar surface area (TPSA) is 344 Å². The molecule has 9 heterocycles. The van der Waals surface area contributed by atoms with Gasteiger partial charge in [0.2, 0.25) is 37.8 Å². The van der Waals surface area contributed by atoms with Crippen LogP contribution in [0.4, 0.5) is 0 Å². The molecule has 3 aliphatic carbocycles. The molecule has 5 N–H and O–H groups in total. The number of nitrogens with two attached hydrogens (primary N) is 1. The van der Waals surface area contributed by atoms with Crippen LogP contribution in [0, 0.1) is 47.8 Å². The molecule has 15 rings (SSSR count). The number of piperazine rings is 3. The summed E-state index contributed by atoms with van der Waals surface area (Å²) >= 11 is 4.96. The molecule has 770 valence electrons. The van der Waals surface area contributed by atoms with Crippen LogP contribution in [-0.2, 0) is 82.3 Å². The largest absolute Gasteiger partial charge is 0.455 e. The number of carbonyl (C=O) groups excluding carboxylic acids is 6. The van der Waals surface area contributed by atoms with Crippen molar-refractivity contribution in [3.8, 4) is 6.07 Å². The number of amidine groups is 3. The number of hydrogen-bond acceptors (Lipinski definition) is 26. The molecule has 9 aliphatic rings. The van der Waals surface area contributed by atoms with Gasteiger partial charge in [0.05, 0.1) is 48.3 Å². The van der Waals surface area contributed by atoms with Crippen molar-refractivity contribution in [2.45, 2.75) is 293 Å². The molecule has 0 unspecified atom stereocenters. The average molecular weight is 2030 g/mol. The number of amides is 3. The molecule has 141 heavy (non-hydrogen) atoms. The number of nitrogens with zero attached hydrogens (tertiary/aromatic N) is 11. The summed E-state index contributed by atoms with van der Waals surface area (Å²) in [6, 6.07) is 39.9. The van der Waals surface area contributed by atoms with E-state index in [-0.39, 0.29) is 89.4 Å². The van der Waals surface area contributed by atoms with Crippen LogP contribution in [-0.4, -0.2) is 264 Å². The summed E-state index contributed by atoms with van der Waals surface area (Å²) in [7, 11) is -2.33. The predicted molar refractivity (Wildman–Crippen MR) is 562 cm³/mol. The molecule has 0 radical (unpaired) electrons. The van der Waals surface area contributed by atoms with Crippen LogP contribution >= 0.6 is 34.0 Å². The Morgan fingerprint density at radius 2 is 0.879 bits per heavy atom. The minimum absolute atomic E-state index is 0.0323. The quantitative estimate of drug-likeness (QED) is 0.0259. The molecule has 33 heteroatoms. The number of nitriles is 1. The third kappa shape index (κ3) is 33.1. The summed E-state index contributed by atoms with van der Waals surface area (Å²) in [5, 5.41) is 19.1. The smallest absolute Gasteiger partial charge is 0.288 e. The zero-order chi connectivity index (χ0) is 100.0. The van der Waals surface area contributed by atoms with Crippen molar-refractivity contribution in [2.24, 2.45) is 50.3 Å². The Morgan fingerprint density at radius 1 is 0.475 bits per heavy atom. The molecule has 3 amide bonds. The summed E-state index contributed by atoms with van der Waals surface area (Å²) in [5.74, 6) is 1.61. The van der Waals surface area contributed by atoms with Crippen molar-refractivity contribution in [1.29, 1.82) is 5.26 Å². The van der Waals surface area contributed by atoms with E-state index in [0.717, 1.165) is 137 Å². The number of aliphatic imine (C=N–C) groups is 3. The normalized spacial score (nSPS) is 23.7. The number of ether oxygens (including phenoxy) is 3. The molecule has 3 aromatic heterocycles. The van der Waals surface area contributed by atoms with Gasteiger partial charge in [0.25, 0.3) is 18.1 Å². The van der Waals surface area contributed by atoms with Gasteiger partial charge in [0.15, 0.2) is 17.3 Å². The van der Waals surface area contributed by atoms with E-state index in [1.165, 1.54) is 60.1 Å². The maximum atomic E-state index is 14.5. The first-order chi connectivity index (χ1) is 68.0. The number of unbranched alkanes of at least 4 members (excludes halogenated alkanes) is 3. The summed E-state index contributed by atoms with van der Waals surface area (Å²) in [5.41, 5.74) is 10.8. The maximum Gasteiger partial charge on any atom is 0.288 e. The molecule has 3 aromatic carbocycles. The minimum Gasteiger partial charge on any atom is -0.455 e. The highest BCUT2D eigenvalue weighted by molar-refractivity contribution is 7.89. The fourth-order valence-corrected chi connectivity index (χ4v) is 24.9. The minimum atomic E-state index is -3.26. The predicted octanol–water partition coefficient (Wildman–Crippen LogP) is 15.8. The fraction of sp³-hybridized carbons (Fsp3) is 0.630. The summed E-state index contributed by atoms with van der Waals surface area (Å²) in [6.07, 6.45) is 29.6. The van der Waals surface area contributed by atoms with Crippen LogP contribution in [0.3, 0.4) is 0 Å². The van der Waals surface area contributed by atoms with Crippen LogP contribution in [0.2, 0.25) is 0 Å². The lowest BCUT2D eigenvalue weighted by atomic mass is 9.80. The highest BCUT2D eigenvalue weighted by atomic mass is 32.2. The Labute approximate surface area is 850 Å². The molecule has 28 nitrogen and oxygen atoms in total. The van der Waals surface area contributed by atoms with Gasteiger partial charge in [-0.25, -0.2) is 41.3 Å².